The first-order valence-electron chi connectivity index (χ1n) is 11.6. The van der Waals surface area contributed by atoms with Gasteiger partial charge in [0.2, 0.25) is 0 Å². The Kier molecular flexibility index (Phi) is 6.14. The summed E-state index contributed by atoms with van der Waals surface area (Å²) in [5.74, 6) is 0.414. The van der Waals surface area contributed by atoms with Gasteiger partial charge in [0.25, 0.3) is 5.91 Å². The number of benzene rings is 1. The Balaban J connectivity index is 1.71. The quantitative estimate of drug-likeness (QED) is 0.424. The zero-order valence-corrected chi connectivity index (χ0v) is 20.0. The van der Waals surface area contributed by atoms with Gasteiger partial charge in [0.05, 0.1) is 17.1 Å². The van der Waals surface area contributed by atoms with E-state index >= 15 is 0 Å². The Morgan fingerprint density at radius 2 is 2.03 bits per heavy atom. The Hall–Kier alpha value is -3.36. The smallest absolute Gasteiger partial charge is 0.405 e. The molecule has 8 nitrogen and oxygen atoms in total. The van der Waals surface area contributed by atoms with Gasteiger partial charge < -0.3 is 26.4 Å². The summed E-state index contributed by atoms with van der Waals surface area (Å²) in [7, 11) is 0. The summed E-state index contributed by atoms with van der Waals surface area (Å²) in [6.07, 6.45) is 2.36. The minimum Gasteiger partial charge on any atom is -0.465 e. The predicted octanol–water partition coefficient (Wildman–Crippen LogP) is 4.92. The number of halogens is 1. The van der Waals surface area contributed by atoms with Crippen LogP contribution in [-0.4, -0.2) is 33.7 Å². The fourth-order valence-corrected chi connectivity index (χ4v) is 5.25. The van der Waals surface area contributed by atoms with Crippen molar-refractivity contribution < 1.29 is 19.1 Å². The fourth-order valence-electron chi connectivity index (χ4n) is 5.25. The largest absolute Gasteiger partial charge is 0.465 e. The van der Waals surface area contributed by atoms with Gasteiger partial charge in [-0.3, -0.25) is 4.79 Å². The van der Waals surface area contributed by atoms with E-state index in [1.165, 1.54) is 6.07 Å². The molecule has 182 valence electrons. The van der Waals surface area contributed by atoms with Crippen LogP contribution in [0, 0.1) is 18.2 Å². The number of carbonyl (C=O) groups is 2. The summed E-state index contributed by atoms with van der Waals surface area (Å²) in [6, 6.07) is 6.30. The molecule has 0 bridgehead atoms. The summed E-state index contributed by atoms with van der Waals surface area (Å²) >= 11 is 0. The van der Waals surface area contributed by atoms with Crippen molar-refractivity contribution >= 4 is 29.3 Å². The number of nitrogens with one attached hydrogen (secondary N) is 4. The Labute approximate surface area is 198 Å². The first kappa shape index (κ1) is 23.8. The van der Waals surface area contributed by atoms with E-state index in [4.69, 9.17) is 4.98 Å². The van der Waals surface area contributed by atoms with Crippen LogP contribution in [0.4, 0.5) is 26.5 Å². The van der Waals surface area contributed by atoms with Gasteiger partial charge in [0, 0.05) is 12.2 Å². The van der Waals surface area contributed by atoms with E-state index in [-0.39, 0.29) is 23.2 Å². The van der Waals surface area contributed by atoms with Crippen molar-refractivity contribution in [3.05, 3.63) is 46.8 Å². The summed E-state index contributed by atoms with van der Waals surface area (Å²) in [5, 5.41) is 22.0. The second-order valence-electron chi connectivity index (χ2n) is 10.3. The molecule has 0 spiro atoms. The molecule has 9 heteroatoms. The average molecular weight is 470 g/mol. The van der Waals surface area contributed by atoms with Gasteiger partial charge in [0.1, 0.15) is 17.5 Å². The maximum atomic E-state index is 13.7. The van der Waals surface area contributed by atoms with E-state index in [2.05, 4.69) is 21.3 Å². The van der Waals surface area contributed by atoms with Crippen LogP contribution in [0.3, 0.4) is 0 Å². The molecule has 0 saturated heterocycles. The van der Waals surface area contributed by atoms with Crippen molar-refractivity contribution in [1.29, 1.82) is 0 Å². The molecule has 2 unspecified atom stereocenters. The Bertz CT molecular complexity index is 1130. The van der Waals surface area contributed by atoms with Gasteiger partial charge >= 0.3 is 6.09 Å². The van der Waals surface area contributed by atoms with Crippen molar-refractivity contribution in [3.63, 3.8) is 0 Å². The lowest BCUT2D eigenvalue weighted by Gasteiger charge is -2.52. The normalized spacial score (nSPS) is 22.0. The minimum absolute atomic E-state index is 0.186. The molecule has 1 aliphatic carbocycles. The van der Waals surface area contributed by atoms with E-state index in [1.54, 1.807) is 19.1 Å². The van der Waals surface area contributed by atoms with Crippen molar-refractivity contribution in [2.24, 2.45) is 5.41 Å². The molecule has 1 aromatic heterocycles. The Morgan fingerprint density at radius 1 is 1.26 bits per heavy atom. The lowest BCUT2D eigenvalue weighted by atomic mass is 9.63. The summed E-state index contributed by atoms with van der Waals surface area (Å²) in [5.41, 5.74) is 1.34. The zero-order chi connectivity index (χ0) is 24.7. The maximum absolute atomic E-state index is 13.7. The topological polar surface area (TPSA) is 115 Å². The van der Waals surface area contributed by atoms with Gasteiger partial charge in [-0.25, -0.2) is 14.2 Å². The molecule has 2 aliphatic rings. The number of anilines is 3. The second kappa shape index (κ2) is 8.77. The van der Waals surface area contributed by atoms with Crippen molar-refractivity contribution in [3.8, 4) is 0 Å². The standard InChI is InChI=1S/C25H32FN5O3/c1-14-11-16(8-9-17(14)26)28-21-20-15(13-27-22(20)32)12-19(30-21)29-18-7-5-6-10-25(18,24(2,3)4)31-23(33)34/h8-9,11-12,18,31H,5-7,10,13H2,1-4H3,(H,27,32)(H,33,34)(H2,28,29,30). The summed E-state index contributed by atoms with van der Waals surface area (Å²) in [6.45, 7) is 8.20. The zero-order valence-electron chi connectivity index (χ0n) is 20.0. The average Bonchev–Trinajstić information content (AvgIpc) is 3.12. The predicted molar refractivity (Wildman–Crippen MR) is 129 cm³/mol. The van der Waals surface area contributed by atoms with Crippen molar-refractivity contribution in [2.45, 2.75) is 71.5 Å². The molecular formula is C25H32FN5O3. The van der Waals surface area contributed by atoms with Crippen LogP contribution in [0.1, 0.15) is 67.9 Å². The molecule has 0 radical (unpaired) electrons. The number of hydrogen-bond acceptors (Lipinski definition) is 5. The van der Waals surface area contributed by atoms with Gasteiger partial charge in [-0.2, -0.15) is 0 Å². The number of pyridine rings is 1. The number of carbonyl (C=O) groups excluding carboxylic acids is 1. The van der Waals surface area contributed by atoms with E-state index < -0.39 is 11.6 Å². The molecule has 2 amide bonds. The number of fused-ring (bicyclic) bond motifs is 1. The van der Waals surface area contributed by atoms with Crippen LogP contribution in [0.2, 0.25) is 0 Å². The first-order chi connectivity index (χ1) is 16.0. The third-order valence-electron chi connectivity index (χ3n) is 7.09. The summed E-state index contributed by atoms with van der Waals surface area (Å²) in [4.78, 5) is 29.0. The SMILES string of the molecule is Cc1cc(Nc2nc(NC3CCCCC3(NC(=O)O)C(C)(C)C)cc3c2C(=O)NC3)ccc1F. The molecule has 5 N–H and O–H groups in total. The Morgan fingerprint density at radius 3 is 2.71 bits per heavy atom. The molecule has 1 aromatic carbocycles. The molecule has 2 aromatic rings. The van der Waals surface area contributed by atoms with Crippen LogP contribution >= 0.6 is 0 Å². The molecule has 2 heterocycles. The molecule has 34 heavy (non-hydrogen) atoms. The lowest BCUT2D eigenvalue weighted by molar-refractivity contribution is 0.0720. The van der Waals surface area contributed by atoms with Gasteiger partial charge in [-0.15, -0.1) is 0 Å². The van der Waals surface area contributed by atoms with Gasteiger partial charge in [-0.1, -0.05) is 33.6 Å². The highest BCUT2D eigenvalue weighted by molar-refractivity contribution is 6.03. The third kappa shape index (κ3) is 4.38. The molecule has 1 saturated carbocycles. The molecule has 4 rings (SSSR count). The highest BCUT2D eigenvalue weighted by Crippen LogP contribution is 2.43. The molecule has 1 aliphatic heterocycles. The third-order valence-corrected chi connectivity index (χ3v) is 7.09. The number of aromatic nitrogens is 1. The molecule has 1 fully saturated rings. The monoisotopic (exact) mass is 469 g/mol. The lowest BCUT2D eigenvalue weighted by Crippen LogP contribution is -2.67. The highest BCUT2D eigenvalue weighted by atomic mass is 19.1. The van der Waals surface area contributed by atoms with Crippen molar-refractivity contribution in [2.75, 3.05) is 10.6 Å². The number of nitrogens with zero attached hydrogens (tertiary/aromatic N) is 1. The van der Waals surface area contributed by atoms with Crippen molar-refractivity contribution in [1.82, 2.24) is 15.6 Å². The number of rotatable bonds is 5. The van der Waals surface area contributed by atoms with Gasteiger partial charge in [-0.05, 0) is 60.6 Å². The van der Waals surface area contributed by atoms with Gasteiger partial charge in [0.15, 0.2) is 0 Å². The number of amides is 2. The second-order valence-corrected chi connectivity index (χ2v) is 10.3. The van der Waals surface area contributed by atoms with Crippen LogP contribution < -0.4 is 21.3 Å². The number of carboxylic acid groups (broad SMARTS) is 1. The summed E-state index contributed by atoms with van der Waals surface area (Å²) < 4.78 is 13.7. The van der Waals surface area contributed by atoms with Crippen LogP contribution in [0.15, 0.2) is 24.3 Å². The first-order valence-corrected chi connectivity index (χ1v) is 11.6. The van der Waals surface area contributed by atoms with E-state index in [0.29, 0.717) is 41.4 Å². The highest BCUT2D eigenvalue weighted by Gasteiger charge is 2.50. The van der Waals surface area contributed by atoms with Crippen LogP contribution in [0.5, 0.6) is 0 Å². The number of aryl methyl sites for hydroxylation is 1. The van der Waals surface area contributed by atoms with Crippen LogP contribution in [0.25, 0.3) is 0 Å². The maximum Gasteiger partial charge on any atom is 0.405 e. The van der Waals surface area contributed by atoms with E-state index in [0.717, 1.165) is 24.8 Å². The number of hydrogen-bond donors (Lipinski definition) is 5. The van der Waals surface area contributed by atoms with Crippen LogP contribution in [-0.2, 0) is 6.54 Å². The molecule has 2 atom stereocenters. The minimum atomic E-state index is -1.05. The van der Waals surface area contributed by atoms with E-state index in [1.807, 2.05) is 26.8 Å². The fraction of sp³-hybridized carbons (Fsp3) is 0.480. The molecular weight excluding hydrogens is 437 g/mol. The van der Waals surface area contributed by atoms with E-state index in [9.17, 15) is 19.1 Å².